The quantitative estimate of drug-likeness (QED) is 0.696. The minimum atomic E-state index is -0.643. The largest absolute Gasteiger partial charge is 0.484 e. The van der Waals surface area contributed by atoms with Crippen molar-refractivity contribution in [1.82, 2.24) is 10.2 Å². The van der Waals surface area contributed by atoms with E-state index in [0.717, 1.165) is 11.1 Å². The fourth-order valence-electron chi connectivity index (χ4n) is 3.03. The minimum absolute atomic E-state index is 0.0393. The number of aryl methyl sites for hydroxylation is 1. The second-order valence-electron chi connectivity index (χ2n) is 7.29. The first-order valence-corrected chi connectivity index (χ1v) is 9.84. The molecule has 0 saturated carbocycles. The van der Waals surface area contributed by atoms with Crippen LogP contribution in [-0.4, -0.2) is 35.4 Å². The highest BCUT2D eigenvalue weighted by atomic mass is 19.1. The van der Waals surface area contributed by atoms with Gasteiger partial charge in [0.05, 0.1) is 0 Å². The van der Waals surface area contributed by atoms with Crippen LogP contribution in [0.1, 0.15) is 38.3 Å². The summed E-state index contributed by atoms with van der Waals surface area (Å²) in [5.41, 5.74) is 1.67. The third-order valence-electron chi connectivity index (χ3n) is 4.53. The van der Waals surface area contributed by atoms with Crippen LogP contribution < -0.4 is 10.1 Å². The average molecular weight is 400 g/mol. The Morgan fingerprint density at radius 2 is 1.76 bits per heavy atom. The maximum Gasteiger partial charge on any atom is 0.261 e. The van der Waals surface area contributed by atoms with E-state index in [0.29, 0.717) is 12.2 Å². The number of benzene rings is 2. The lowest BCUT2D eigenvalue weighted by Crippen LogP contribution is -2.51. The van der Waals surface area contributed by atoms with E-state index in [9.17, 15) is 14.0 Å². The number of carbonyl (C=O) groups excluding carboxylic acids is 2. The van der Waals surface area contributed by atoms with Crippen LogP contribution >= 0.6 is 0 Å². The normalized spacial score (nSPS) is 11.8. The van der Waals surface area contributed by atoms with Crippen LogP contribution in [-0.2, 0) is 16.1 Å². The number of hydrogen-bond donors (Lipinski definition) is 1. The number of halogens is 1. The molecule has 0 aliphatic rings. The van der Waals surface area contributed by atoms with Crippen molar-refractivity contribution in [1.29, 1.82) is 0 Å². The molecule has 0 aliphatic carbocycles. The third-order valence-corrected chi connectivity index (χ3v) is 4.53. The number of para-hydroxylation sites is 1. The van der Waals surface area contributed by atoms with Gasteiger partial charge in [0.15, 0.2) is 6.61 Å². The van der Waals surface area contributed by atoms with Gasteiger partial charge in [0.2, 0.25) is 5.91 Å². The summed E-state index contributed by atoms with van der Waals surface area (Å²) in [5, 5.41) is 2.87. The predicted octanol–water partition coefficient (Wildman–Crippen LogP) is 3.84. The van der Waals surface area contributed by atoms with E-state index < -0.39 is 6.04 Å². The van der Waals surface area contributed by atoms with Gasteiger partial charge in [-0.1, -0.05) is 37.3 Å². The molecule has 156 valence electrons. The van der Waals surface area contributed by atoms with Crippen LogP contribution in [0.4, 0.5) is 4.39 Å². The molecule has 0 heterocycles. The monoisotopic (exact) mass is 400 g/mol. The Hall–Kier alpha value is -2.89. The summed E-state index contributed by atoms with van der Waals surface area (Å²) in [5.74, 6) is -0.237. The fraction of sp³-hybridized carbons (Fsp3) is 0.391. The van der Waals surface area contributed by atoms with E-state index in [1.807, 2.05) is 45.9 Å². The second kappa shape index (κ2) is 10.6. The molecule has 1 atom stereocenters. The number of rotatable bonds is 9. The van der Waals surface area contributed by atoms with E-state index in [2.05, 4.69) is 5.32 Å². The van der Waals surface area contributed by atoms with Gasteiger partial charge in [0.1, 0.15) is 17.6 Å². The average Bonchev–Trinajstić information content (AvgIpc) is 2.68. The lowest BCUT2D eigenvalue weighted by molar-refractivity contribution is -0.143. The molecule has 1 unspecified atom stereocenters. The molecule has 6 heteroatoms. The van der Waals surface area contributed by atoms with Gasteiger partial charge in [-0.25, -0.2) is 4.39 Å². The third kappa shape index (κ3) is 6.59. The Kier molecular flexibility index (Phi) is 8.19. The Balaban J connectivity index is 2.21. The van der Waals surface area contributed by atoms with Crippen molar-refractivity contribution in [3.05, 3.63) is 65.5 Å². The van der Waals surface area contributed by atoms with Gasteiger partial charge in [-0.15, -0.1) is 0 Å². The highest BCUT2D eigenvalue weighted by Gasteiger charge is 2.29. The highest BCUT2D eigenvalue weighted by Crippen LogP contribution is 2.18. The highest BCUT2D eigenvalue weighted by molar-refractivity contribution is 5.88. The van der Waals surface area contributed by atoms with E-state index >= 15 is 0 Å². The van der Waals surface area contributed by atoms with Crippen LogP contribution in [0.5, 0.6) is 5.75 Å². The molecule has 1 N–H and O–H groups in total. The lowest BCUT2D eigenvalue weighted by Gasteiger charge is -2.31. The molecule has 2 rings (SSSR count). The van der Waals surface area contributed by atoms with Gasteiger partial charge in [0, 0.05) is 12.6 Å². The first-order valence-electron chi connectivity index (χ1n) is 9.84. The van der Waals surface area contributed by atoms with Gasteiger partial charge < -0.3 is 15.0 Å². The Labute approximate surface area is 171 Å². The number of ether oxygens (including phenoxy) is 1. The fourth-order valence-corrected chi connectivity index (χ4v) is 3.03. The van der Waals surface area contributed by atoms with Gasteiger partial charge in [-0.3, -0.25) is 9.59 Å². The van der Waals surface area contributed by atoms with Gasteiger partial charge in [-0.05, 0) is 56.5 Å². The number of amides is 2. The number of carbonyl (C=O) groups is 2. The van der Waals surface area contributed by atoms with E-state index in [4.69, 9.17) is 4.74 Å². The van der Waals surface area contributed by atoms with Crippen molar-refractivity contribution in [2.24, 2.45) is 0 Å². The van der Waals surface area contributed by atoms with E-state index in [1.165, 1.54) is 17.0 Å². The Morgan fingerprint density at radius 3 is 2.34 bits per heavy atom. The van der Waals surface area contributed by atoms with Crippen molar-refractivity contribution in [2.75, 3.05) is 6.61 Å². The van der Waals surface area contributed by atoms with Gasteiger partial charge in [-0.2, -0.15) is 0 Å². The van der Waals surface area contributed by atoms with Crippen LogP contribution in [0, 0.1) is 12.7 Å². The maximum absolute atomic E-state index is 13.3. The molecule has 2 aromatic rings. The molecule has 29 heavy (non-hydrogen) atoms. The molecule has 2 amide bonds. The van der Waals surface area contributed by atoms with Crippen molar-refractivity contribution < 1.29 is 18.7 Å². The predicted molar refractivity (Wildman–Crippen MR) is 111 cm³/mol. The molecule has 0 radical (unpaired) electrons. The Bertz CT molecular complexity index is 821. The molecule has 0 fully saturated rings. The second-order valence-corrected chi connectivity index (χ2v) is 7.29. The SMILES string of the molecule is CCC(C(=O)NC(C)C)N(Cc1ccc(F)cc1)C(=O)COc1ccccc1C. The van der Waals surface area contributed by atoms with Gasteiger partial charge in [0.25, 0.3) is 5.91 Å². The topological polar surface area (TPSA) is 58.6 Å². The smallest absolute Gasteiger partial charge is 0.261 e. The number of nitrogens with zero attached hydrogens (tertiary/aromatic N) is 1. The molecule has 0 saturated heterocycles. The molecule has 5 nitrogen and oxygen atoms in total. The van der Waals surface area contributed by atoms with E-state index in [-0.39, 0.29) is 36.8 Å². The molecule has 0 aromatic heterocycles. The van der Waals surface area contributed by atoms with E-state index in [1.54, 1.807) is 18.2 Å². The lowest BCUT2D eigenvalue weighted by atomic mass is 10.1. The van der Waals surface area contributed by atoms with Crippen molar-refractivity contribution >= 4 is 11.8 Å². The standard InChI is InChI=1S/C23H29FN2O3/c1-5-20(23(28)25-16(2)3)26(14-18-10-12-19(24)13-11-18)22(27)15-29-21-9-7-6-8-17(21)4/h6-13,16,20H,5,14-15H2,1-4H3,(H,25,28). The summed E-state index contributed by atoms with van der Waals surface area (Å²) in [6.45, 7) is 7.52. The molecule has 0 aliphatic heterocycles. The zero-order valence-electron chi connectivity index (χ0n) is 17.4. The summed E-state index contributed by atoms with van der Waals surface area (Å²) in [4.78, 5) is 27.2. The first kappa shape index (κ1) is 22.4. The van der Waals surface area contributed by atoms with Crippen LogP contribution in [0.15, 0.2) is 48.5 Å². The van der Waals surface area contributed by atoms with Crippen molar-refractivity contribution in [2.45, 2.75) is 52.7 Å². The maximum atomic E-state index is 13.3. The van der Waals surface area contributed by atoms with Crippen LogP contribution in [0.2, 0.25) is 0 Å². The minimum Gasteiger partial charge on any atom is -0.484 e. The summed E-state index contributed by atoms with van der Waals surface area (Å²) in [6.07, 6.45) is 0.454. The first-order chi connectivity index (χ1) is 13.8. The zero-order chi connectivity index (χ0) is 21.4. The number of nitrogens with one attached hydrogen (secondary N) is 1. The summed E-state index contributed by atoms with van der Waals surface area (Å²) >= 11 is 0. The van der Waals surface area contributed by atoms with Gasteiger partial charge >= 0.3 is 0 Å². The molecule has 2 aromatic carbocycles. The molecular weight excluding hydrogens is 371 g/mol. The molecular formula is C23H29FN2O3. The summed E-state index contributed by atoms with van der Waals surface area (Å²) in [7, 11) is 0. The summed E-state index contributed by atoms with van der Waals surface area (Å²) in [6, 6.07) is 12.7. The van der Waals surface area contributed by atoms with Crippen molar-refractivity contribution in [3.8, 4) is 5.75 Å². The van der Waals surface area contributed by atoms with Crippen molar-refractivity contribution in [3.63, 3.8) is 0 Å². The molecule has 0 spiro atoms. The summed E-state index contributed by atoms with van der Waals surface area (Å²) < 4.78 is 19.0. The number of hydrogen-bond acceptors (Lipinski definition) is 3. The zero-order valence-corrected chi connectivity index (χ0v) is 17.4. The van der Waals surface area contributed by atoms with Crippen LogP contribution in [0.25, 0.3) is 0 Å². The Morgan fingerprint density at radius 1 is 1.10 bits per heavy atom. The van der Waals surface area contributed by atoms with Crippen LogP contribution in [0.3, 0.4) is 0 Å². The molecule has 0 bridgehead atoms.